The fraction of sp³-hybridized carbons (Fsp3) is 0.357. The van der Waals surface area contributed by atoms with Crippen LogP contribution in [-0.4, -0.2) is 16.4 Å². The molecule has 0 radical (unpaired) electrons. The van der Waals surface area contributed by atoms with Gasteiger partial charge in [-0.25, -0.2) is 0 Å². The van der Waals surface area contributed by atoms with Gasteiger partial charge in [0.15, 0.2) is 0 Å². The van der Waals surface area contributed by atoms with Crippen molar-refractivity contribution in [1.29, 1.82) is 0 Å². The quantitative estimate of drug-likeness (QED) is 0.765. The molecule has 2 rings (SSSR count). The number of aryl methyl sites for hydroxylation is 1. The second kappa shape index (κ2) is 6.44. The zero-order chi connectivity index (χ0) is 13.8. The highest BCUT2D eigenvalue weighted by Crippen LogP contribution is 2.17. The predicted molar refractivity (Wildman–Crippen MR) is 80.9 cm³/mol. The van der Waals surface area contributed by atoms with Gasteiger partial charge in [-0.2, -0.15) is 5.10 Å². The normalized spacial score (nSPS) is 10.7. The largest absolute Gasteiger partial charge is 0.492 e. The third-order valence-electron chi connectivity index (χ3n) is 3.05. The van der Waals surface area contributed by atoms with Crippen LogP contribution in [0.1, 0.15) is 17.0 Å². The van der Waals surface area contributed by atoms with Crippen LogP contribution in [0.5, 0.6) is 5.75 Å². The minimum Gasteiger partial charge on any atom is -0.492 e. The summed E-state index contributed by atoms with van der Waals surface area (Å²) >= 11 is 9.30. The lowest BCUT2D eigenvalue weighted by molar-refractivity contribution is 0.289. The summed E-state index contributed by atoms with van der Waals surface area (Å²) in [5, 5.41) is 4.47. The van der Waals surface area contributed by atoms with E-state index >= 15 is 0 Å². The van der Waals surface area contributed by atoms with Gasteiger partial charge in [-0.05, 0) is 38.1 Å². The van der Waals surface area contributed by atoms with Crippen molar-refractivity contribution < 1.29 is 4.74 Å². The number of ether oxygens (including phenoxy) is 1. The molecule has 0 fully saturated rings. The summed E-state index contributed by atoms with van der Waals surface area (Å²) in [5.74, 6) is 1.37. The van der Waals surface area contributed by atoms with Crippen molar-refractivity contribution in [2.24, 2.45) is 0 Å². The van der Waals surface area contributed by atoms with Crippen molar-refractivity contribution in [3.8, 4) is 5.75 Å². The van der Waals surface area contributed by atoms with Crippen LogP contribution in [0, 0.1) is 13.8 Å². The molecule has 0 aliphatic rings. The van der Waals surface area contributed by atoms with Crippen LogP contribution in [-0.2, 0) is 12.4 Å². The maximum absolute atomic E-state index is 5.91. The van der Waals surface area contributed by atoms with Crippen molar-refractivity contribution >= 4 is 27.5 Å². The maximum atomic E-state index is 5.91. The van der Waals surface area contributed by atoms with Gasteiger partial charge < -0.3 is 4.74 Å². The Balaban J connectivity index is 1.94. The molecule has 0 saturated carbocycles. The van der Waals surface area contributed by atoms with Gasteiger partial charge in [0.1, 0.15) is 12.4 Å². The van der Waals surface area contributed by atoms with Crippen molar-refractivity contribution in [1.82, 2.24) is 9.78 Å². The topological polar surface area (TPSA) is 27.1 Å². The van der Waals surface area contributed by atoms with Gasteiger partial charge in [0, 0.05) is 15.7 Å². The van der Waals surface area contributed by atoms with Crippen LogP contribution < -0.4 is 4.74 Å². The van der Waals surface area contributed by atoms with Crippen LogP contribution >= 0.6 is 27.5 Å². The van der Waals surface area contributed by atoms with E-state index in [4.69, 9.17) is 16.3 Å². The van der Waals surface area contributed by atoms with E-state index in [9.17, 15) is 0 Å². The van der Waals surface area contributed by atoms with E-state index in [1.165, 1.54) is 0 Å². The molecule has 5 heteroatoms. The first kappa shape index (κ1) is 14.4. The van der Waals surface area contributed by atoms with E-state index in [1.807, 2.05) is 42.8 Å². The van der Waals surface area contributed by atoms with Crippen LogP contribution in [0.3, 0.4) is 0 Å². The summed E-state index contributed by atoms with van der Waals surface area (Å²) in [6, 6.07) is 7.80. The third-order valence-corrected chi connectivity index (χ3v) is 3.85. The Labute approximate surface area is 126 Å². The van der Waals surface area contributed by atoms with Gasteiger partial charge in [0.25, 0.3) is 0 Å². The Hall–Kier alpha value is -1.00. The number of hydrogen-bond acceptors (Lipinski definition) is 2. The van der Waals surface area contributed by atoms with E-state index < -0.39 is 0 Å². The summed E-state index contributed by atoms with van der Waals surface area (Å²) in [6.45, 7) is 5.33. The van der Waals surface area contributed by atoms with Gasteiger partial charge in [-0.15, -0.1) is 11.6 Å². The van der Waals surface area contributed by atoms with Gasteiger partial charge in [-0.3, -0.25) is 4.68 Å². The number of alkyl halides is 1. The lowest BCUT2D eigenvalue weighted by Crippen LogP contribution is -2.11. The van der Waals surface area contributed by atoms with E-state index in [-0.39, 0.29) is 0 Å². The Kier molecular flexibility index (Phi) is 4.88. The molecule has 0 unspecified atom stereocenters. The van der Waals surface area contributed by atoms with E-state index in [1.54, 1.807) is 0 Å². The smallest absolute Gasteiger partial charge is 0.119 e. The zero-order valence-corrected chi connectivity index (χ0v) is 13.3. The standard InChI is InChI=1S/C14H16BrClN2O/c1-10-14(9-16)11(2)18(17-10)7-8-19-13-5-3-12(15)4-6-13/h3-6H,7-9H2,1-2H3. The monoisotopic (exact) mass is 342 g/mol. The van der Waals surface area contributed by atoms with Crippen molar-refractivity contribution in [3.05, 3.63) is 45.7 Å². The van der Waals surface area contributed by atoms with Crippen molar-refractivity contribution in [2.45, 2.75) is 26.3 Å². The molecule has 0 saturated heterocycles. The zero-order valence-electron chi connectivity index (χ0n) is 11.0. The number of rotatable bonds is 5. The molecule has 2 aromatic rings. The van der Waals surface area contributed by atoms with Crippen molar-refractivity contribution in [3.63, 3.8) is 0 Å². The molecule has 1 aromatic heterocycles. The second-order valence-electron chi connectivity index (χ2n) is 4.31. The molecule has 19 heavy (non-hydrogen) atoms. The van der Waals surface area contributed by atoms with Gasteiger partial charge in [0.05, 0.1) is 18.1 Å². The number of hydrogen-bond donors (Lipinski definition) is 0. The van der Waals surface area contributed by atoms with Crippen LogP contribution in [0.4, 0.5) is 0 Å². The highest BCUT2D eigenvalue weighted by Gasteiger charge is 2.09. The Bertz CT molecular complexity index is 551. The molecular formula is C14H16BrClN2O. The molecule has 1 heterocycles. The Morgan fingerprint density at radius 3 is 2.53 bits per heavy atom. The minimum atomic E-state index is 0.505. The Morgan fingerprint density at radius 1 is 1.26 bits per heavy atom. The first-order valence-electron chi connectivity index (χ1n) is 6.09. The average molecular weight is 344 g/mol. The van der Waals surface area contributed by atoms with Crippen LogP contribution in [0.15, 0.2) is 28.7 Å². The minimum absolute atomic E-state index is 0.505. The average Bonchev–Trinajstić information content (AvgIpc) is 2.66. The second-order valence-corrected chi connectivity index (χ2v) is 5.49. The summed E-state index contributed by atoms with van der Waals surface area (Å²) in [6.07, 6.45) is 0. The lowest BCUT2D eigenvalue weighted by atomic mass is 10.2. The van der Waals surface area contributed by atoms with Gasteiger partial charge >= 0.3 is 0 Å². The molecule has 102 valence electrons. The summed E-state index contributed by atoms with van der Waals surface area (Å²) < 4.78 is 8.68. The van der Waals surface area contributed by atoms with E-state index in [0.29, 0.717) is 12.5 Å². The molecule has 0 N–H and O–H groups in total. The lowest BCUT2D eigenvalue weighted by Gasteiger charge is -2.08. The van der Waals surface area contributed by atoms with Crippen LogP contribution in [0.25, 0.3) is 0 Å². The molecule has 0 spiro atoms. The third kappa shape index (κ3) is 3.51. The molecule has 0 aliphatic carbocycles. The molecule has 3 nitrogen and oxygen atoms in total. The first-order chi connectivity index (χ1) is 9.11. The van der Waals surface area contributed by atoms with Crippen LogP contribution in [0.2, 0.25) is 0 Å². The Morgan fingerprint density at radius 2 is 1.95 bits per heavy atom. The summed E-state index contributed by atoms with van der Waals surface area (Å²) in [5.41, 5.74) is 3.23. The first-order valence-corrected chi connectivity index (χ1v) is 7.41. The SMILES string of the molecule is Cc1nn(CCOc2ccc(Br)cc2)c(C)c1CCl. The maximum Gasteiger partial charge on any atom is 0.119 e. The van der Waals surface area contributed by atoms with Gasteiger partial charge in [0.2, 0.25) is 0 Å². The number of benzene rings is 1. The molecule has 0 aliphatic heterocycles. The molecular weight excluding hydrogens is 328 g/mol. The fourth-order valence-electron chi connectivity index (χ4n) is 1.93. The molecule has 0 atom stereocenters. The van der Waals surface area contributed by atoms with Gasteiger partial charge in [-0.1, -0.05) is 15.9 Å². The summed E-state index contributed by atoms with van der Waals surface area (Å²) in [7, 11) is 0. The number of halogens is 2. The molecule has 0 amide bonds. The van der Waals surface area contributed by atoms with E-state index in [2.05, 4.69) is 21.0 Å². The highest BCUT2D eigenvalue weighted by atomic mass is 79.9. The fourth-order valence-corrected chi connectivity index (χ4v) is 2.58. The summed E-state index contributed by atoms with van der Waals surface area (Å²) in [4.78, 5) is 0. The number of nitrogens with zero attached hydrogens (tertiary/aromatic N) is 2. The van der Waals surface area contributed by atoms with Crippen molar-refractivity contribution in [2.75, 3.05) is 6.61 Å². The number of aromatic nitrogens is 2. The molecule has 0 bridgehead atoms. The van der Waals surface area contributed by atoms with E-state index in [0.717, 1.165) is 33.7 Å². The predicted octanol–water partition coefficient (Wildman–Crippen LogP) is 4.08. The highest BCUT2D eigenvalue weighted by molar-refractivity contribution is 9.10. The molecule has 1 aromatic carbocycles.